The van der Waals surface area contributed by atoms with Crippen molar-refractivity contribution >= 4 is 12.1 Å². The summed E-state index contributed by atoms with van der Waals surface area (Å²) in [5.74, 6) is -0.394. The fourth-order valence-electron chi connectivity index (χ4n) is 0.141. The van der Waals surface area contributed by atoms with Gasteiger partial charge in [-0.2, -0.15) is 0 Å². The van der Waals surface area contributed by atoms with Gasteiger partial charge in [0, 0.05) is 6.08 Å². The minimum absolute atomic E-state index is 0.365. The van der Waals surface area contributed by atoms with E-state index in [1.165, 1.54) is 7.11 Å². The summed E-state index contributed by atoms with van der Waals surface area (Å²) in [6, 6.07) is 0. The number of aliphatic hydroxyl groups is 3. The van der Waals surface area contributed by atoms with Crippen LogP contribution >= 0.6 is 0 Å². The van der Waals surface area contributed by atoms with Gasteiger partial charge in [0.05, 0.1) is 20.3 Å². The molecule has 0 saturated heterocycles. The first kappa shape index (κ1) is 19.9. The second-order valence-corrected chi connectivity index (χ2v) is 2.03. The highest BCUT2D eigenvalue weighted by Gasteiger charge is 1.93. The van der Waals surface area contributed by atoms with E-state index in [2.05, 4.69) is 11.3 Å². The van der Waals surface area contributed by atoms with Gasteiger partial charge in [0.2, 0.25) is 0 Å². The predicted octanol–water partition coefficient (Wildman–Crippen LogP) is -1.10. The molecule has 16 heavy (non-hydrogen) atoms. The van der Waals surface area contributed by atoms with E-state index >= 15 is 0 Å². The molecule has 0 fully saturated rings. The van der Waals surface area contributed by atoms with E-state index < -0.39 is 18.2 Å². The molecule has 0 aromatic rings. The van der Waals surface area contributed by atoms with Crippen LogP contribution in [0.3, 0.4) is 0 Å². The van der Waals surface area contributed by atoms with Crippen LogP contribution in [0.25, 0.3) is 0 Å². The Morgan fingerprint density at radius 3 is 1.62 bits per heavy atom. The number of esters is 1. The number of carbonyl (C=O) groups is 2. The molecule has 0 saturated carbocycles. The third-order valence-electron chi connectivity index (χ3n) is 0.789. The Bertz CT molecular complexity index is 182. The zero-order valence-corrected chi connectivity index (χ0v) is 8.74. The van der Waals surface area contributed by atoms with Crippen LogP contribution in [0.2, 0.25) is 0 Å². The van der Waals surface area contributed by atoms with E-state index in [0.717, 1.165) is 6.08 Å². The largest absolute Gasteiger partial charge is 0.503 e. The van der Waals surface area contributed by atoms with Gasteiger partial charge in [-0.1, -0.05) is 6.58 Å². The number of carboxylic acid groups (broad SMARTS) is 2. The molecule has 0 aliphatic carbocycles. The first-order chi connectivity index (χ1) is 7.35. The van der Waals surface area contributed by atoms with Crippen LogP contribution in [0.4, 0.5) is 4.79 Å². The highest BCUT2D eigenvalue weighted by atomic mass is 16.6. The summed E-state index contributed by atoms with van der Waals surface area (Å²) in [6.45, 7) is 2.43. The summed E-state index contributed by atoms with van der Waals surface area (Å²) < 4.78 is 4.14. The highest BCUT2D eigenvalue weighted by molar-refractivity contribution is 5.80. The van der Waals surface area contributed by atoms with Gasteiger partial charge >= 0.3 is 12.1 Å². The molecule has 0 unspecified atom stereocenters. The zero-order chi connectivity index (χ0) is 13.6. The first-order valence-corrected chi connectivity index (χ1v) is 3.87. The van der Waals surface area contributed by atoms with Gasteiger partial charge in [0.1, 0.15) is 6.10 Å². The number of hydrogen-bond donors (Lipinski definition) is 5. The molecule has 0 aliphatic heterocycles. The van der Waals surface area contributed by atoms with Gasteiger partial charge in [-0.25, -0.2) is 9.59 Å². The highest BCUT2D eigenvalue weighted by Crippen LogP contribution is 1.71. The van der Waals surface area contributed by atoms with Crippen molar-refractivity contribution in [1.29, 1.82) is 0 Å². The number of hydrogen-bond acceptors (Lipinski definition) is 6. The van der Waals surface area contributed by atoms with Crippen LogP contribution < -0.4 is 0 Å². The average Bonchev–Trinajstić information content (AvgIpc) is 2.26. The molecule has 0 heterocycles. The second kappa shape index (κ2) is 15.8. The van der Waals surface area contributed by atoms with Crippen molar-refractivity contribution in [3.05, 3.63) is 12.7 Å². The normalized spacial score (nSPS) is 7.81. The Kier molecular flexibility index (Phi) is 19.6. The number of rotatable bonds is 3. The maximum absolute atomic E-state index is 9.84. The first-order valence-electron chi connectivity index (χ1n) is 3.87. The van der Waals surface area contributed by atoms with E-state index in [9.17, 15) is 4.79 Å². The monoisotopic (exact) mass is 240 g/mol. The van der Waals surface area contributed by atoms with E-state index in [4.69, 9.17) is 30.3 Å². The maximum Gasteiger partial charge on any atom is 0.503 e. The molecular weight excluding hydrogens is 224 g/mol. The maximum atomic E-state index is 9.84. The summed E-state index contributed by atoms with van der Waals surface area (Å²) >= 11 is 0. The molecular formula is C8H16O8. The van der Waals surface area contributed by atoms with E-state index in [-0.39, 0.29) is 13.2 Å². The molecule has 0 rings (SSSR count). The van der Waals surface area contributed by atoms with Crippen LogP contribution in [0.1, 0.15) is 0 Å². The van der Waals surface area contributed by atoms with Crippen molar-refractivity contribution in [2.75, 3.05) is 20.3 Å². The van der Waals surface area contributed by atoms with Crippen LogP contribution in [-0.2, 0) is 9.53 Å². The third-order valence-corrected chi connectivity index (χ3v) is 0.789. The van der Waals surface area contributed by atoms with Crippen LogP contribution in [0.15, 0.2) is 12.7 Å². The van der Waals surface area contributed by atoms with Crippen molar-refractivity contribution in [3.8, 4) is 0 Å². The van der Waals surface area contributed by atoms with Gasteiger partial charge in [0.25, 0.3) is 0 Å². The van der Waals surface area contributed by atoms with Gasteiger partial charge in [-0.15, -0.1) is 0 Å². The molecule has 0 amide bonds. The van der Waals surface area contributed by atoms with Crippen LogP contribution in [-0.4, -0.2) is 64.1 Å². The summed E-state index contributed by atoms with van der Waals surface area (Å²) in [6.07, 6.45) is -1.68. The topological polar surface area (TPSA) is 145 Å². The van der Waals surface area contributed by atoms with Crippen molar-refractivity contribution in [2.45, 2.75) is 6.10 Å². The lowest BCUT2D eigenvalue weighted by Crippen LogP contribution is -2.15. The van der Waals surface area contributed by atoms with Crippen LogP contribution in [0.5, 0.6) is 0 Å². The number of carbonyl (C=O) groups excluding carboxylic acids is 1. The van der Waals surface area contributed by atoms with Crippen LogP contribution in [0, 0.1) is 0 Å². The molecule has 8 nitrogen and oxygen atoms in total. The summed E-state index contributed by atoms with van der Waals surface area (Å²) in [5.41, 5.74) is 0. The summed E-state index contributed by atoms with van der Waals surface area (Å²) in [5, 5.41) is 38.0. The summed E-state index contributed by atoms with van der Waals surface area (Å²) in [7, 11) is 1.31. The Morgan fingerprint density at radius 2 is 1.62 bits per heavy atom. The lowest BCUT2D eigenvalue weighted by molar-refractivity contribution is -0.134. The third kappa shape index (κ3) is 39.4. The van der Waals surface area contributed by atoms with Crippen molar-refractivity contribution in [3.63, 3.8) is 0 Å². The van der Waals surface area contributed by atoms with Gasteiger partial charge < -0.3 is 30.3 Å². The van der Waals surface area contributed by atoms with Gasteiger partial charge in [-0.05, 0) is 0 Å². The smallest absolute Gasteiger partial charge is 0.466 e. The standard InChI is InChI=1S/C4H6O2.C3H8O3.CH2O3/c1-3-4(5)6-2;4-1-3(6)2-5;2-1(3)4/h3H,1H2,2H3;3-6H,1-2H2;(H2,2,3,4). The molecule has 0 aromatic heterocycles. The minimum Gasteiger partial charge on any atom is -0.466 e. The SMILES string of the molecule is C=CC(=O)OC.O=C(O)O.OCC(O)CO. The fraction of sp³-hybridized carbons (Fsp3) is 0.500. The van der Waals surface area contributed by atoms with E-state index in [1.54, 1.807) is 0 Å². The molecule has 0 atom stereocenters. The average molecular weight is 240 g/mol. The predicted molar refractivity (Wildman–Crippen MR) is 53.0 cm³/mol. The summed E-state index contributed by atoms with van der Waals surface area (Å²) in [4.78, 5) is 18.4. The Morgan fingerprint density at radius 1 is 1.31 bits per heavy atom. The number of methoxy groups -OCH3 is 1. The molecule has 0 aliphatic rings. The number of aliphatic hydroxyl groups excluding tert-OH is 3. The lowest BCUT2D eigenvalue weighted by Gasteiger charge is -1.96. The molecule has 8 heteroatoms. The number of ether oxygens (including phenoxy) is 1. The zero-order valence-electron chi connectivity index (χ0n) is 8.74. The van der Waals surface area contributed by atoms with Crippen molar-refractivity contribution in [1.82, 2.24) is 0 Å². The Balaban J connectivity index is -0.000000162. The van der Waals surface area contributed by atoms with Gasteiger partial charge in [0.15, 0.2) is 0 Å². The molecule has 0 aromatic carbocycles. The minimum atomic E-state index is -1.83. The van der Waals surface area contributed by atoms with Crippen molar-refractivity contribution in [2.24, 2.45) is 0 Å². The molecule has 96 valence electrons. The van der Waals surface area contributed by atoms with E-state index in [0.29, 0.717) is 0 Å². The fourth-order valence-corrected chi connectivity index (χ4v) is 0.141. The molecule has 0 radical (unpaired) electrons. The second-order valence-electron chi connectivity index (χ2n) is 2.03. The van der Waals surface area contributed by atoms with E-state index in [1.807, 2.05) is 0 Å². The van der Waals surface area contributed by atoms with Gasteiger partial charge in [-0.3, -0.25) is 0 Å². The quantitative estimate of drug-likeness (QED) is 0.309. The Hall–Kier alpha value is -1.64. The molecule has 5 N–H and O–H groups in total. The molecule has 0 spiro atoms. The Labute approximate surface area is 92.0 Å². The van der Waals surface area contributed by atoms with Crippen molar-refractivity contribution < 1.29 is 39.9 Å². The lowest BCUT2D eigenvalue weighted by atomic mass is 10.4. The molecule has 0 bridgehead atoms.